The summed E-state index contributed by atoms with van der Waals surface area (Å²) in [6.07, 6.45) is 5.39. The number of hydrogen-bond donors (Lipinski definition) is 1. The van der Waals surface area contributed by atoms with E-state index < -0.39 is 5.60 Å². The number of aromatic nitrogens is 3. The van der Waals surface area contributed by atoms with Gasteiger partial charge in [0.2, 0.25) is 0 Å². The predicted octanol–water partition coefficient (Wildman–Crippen LogP) is 3.30. The van der Waals surface area contributed by atoms with Crippen LogP contribution in [0.4, 0.5) is 4.79 Å². The van der Waals surface area contributed by atoms with E-state index in [-0.39, 0.29) is 12.1 Å². The Morgan fingerprint density at radius 2 is 1.96 bits per heavy atom. The van der Waals surface area contributed by atoms with Crippen LogP contribution in [0.15, 0.2) is 0 Å². The van der Waals surface area contributed by atoms with Crippen molar-refractivity contribution < 1.29 is 9.53 Å². The van der Waals surface area contributed by atoms with Crippen molar-refractivity contribution in [3.8, 4) is 0 Å². The van der Waals surface area contributed by atoms with Gasteiger partial charge in [-0.05, 0) is 66.2 Å². The fourth-order valence-electron chi connectivity index (χ4n) is 4.17. The number of carbonyl (C=O) groups excluding carboxylic acids is 1. The minimum absolute atomic E-state index is 0.149. The summed E-state index contributed by atoms with van der Waals surface area (Å²) in [5.41, 5.74) is -0.449. The first-order valence-electron chi connectivity index (χ1n) is 10.4. The Bertz CT molecular complexity index is 651. The zero-order valence-electron chi connectivity index (χ0n) is 17.5. The normalized spacial score (nSPS) is 22.9. The van der Waals surface area contributed by atoms with Crippen LogP contribution in [0.2, 0.25) is 0 Å². The van der Waals surface area contributed by atoms with E-state index in [0.29, 0.717) is 12.0 Å². The Morgan fingerprint density at radius 3 is 2.70 bits per heavy atom. The molecule has 152 valence electrons. The zero-order valence-corrected chi connectivity index (χ0v) is 17.5. The van der Waals surface area contributed by atoms with Crippen molar-refractivity contribution in [3.63, 3.8) is 0 Å². The number of piperidine rings is 1. The minimum Gasteiger partial charge on any atom is -0.444 e. The molecule has 0 unspecified atom stereocenters. The van der Waals surface area contributed by atoms with E-state index in [1.807, 2.05) is 25.7 Å². The summed E-state index contributed by atoms with van der Waals surface area (Å²) in [4.78, 5) is 14.3. The van der Waals surface area contributed by atoms with E-state index in [1.54, 1.807) is 0 Å². The molecule has 1 N–H and O–H groups in total. The van der Waals surface area contributed by atoms with Crippen LogP contribution in [0.25, 0.3) is 0 Å². The fourth-order valence-corrected chi connectivity index (χ4v) is 4.17. The average molecular weight is 378 g/mol. The lowest BCUT2D eigenvalue weighted by atomic mass is 9.91. The Hall–Kier alpha value is -1.63. The second kappa shape index (κ2) is 8.17. The number of ether oxygens (including phenoxy) is 1. The van der Waals surface area contributed by atoms with Gasteiger partial charge in [0.15, 0.2) is 0 Å². The molecule has 0 radical (unpaired) electrons. The lowest BCUT2D eigenvalue weighted by Gasteiger charge is -2.37. The monoisotopic (exact) mass is 377 g/mol. The van der Waals surface area contributed by atoms with Gasteiger partial charge in [-0.2, -0.15) is 0 Å². The van der Waals surface area contributed by atoms with Crippen LogP contribution in [0, 0.1) is 5.92 Å². The van der Waals surface area contributed by atoms with Gasteiger partial charge in [0.25, 0.3) is 0 Å². The molecule has 0 bridgehead atoms. The van der Waals surface area contributed by atoms with Crippen molar-refractivity contribution in [2.45, 2.75) is 91.0 Å². The summed E-state index contributed by atoms with van der Waals surface area (Å²) in [6, 6.07) is 0.443. The first-order valence-corrected chi connectivity index (χ1v) is 10.4. The molecule has 2 aliphatic rings. The third-order valence-electron chi connectivity index (χ3n) is 5.60. The molecular weight excluding hydrogens is 342 g/mol. The maximum Gasteiger partial charge on any atom is 0.410 e. The second-order valence-electron chi connectivity index (χ2n) is 9.09. The molecule has 0 aliphatic carbocycles. The van der Waals surface area contributed by atoms with Crippen LogP contribution in [0.3, 0.4) is 0 Å². The summed E-state index contributed by atoms with van der Waals surface area (Å²) >= 11 is 0. The van der Waals surface area contributed by atoms with Crippen LogP contribution >= 0.6 is 0 Å². The number of aryl methyl sites for hydroxylation is 1. The molecule has 27 heavy (non-hydrogen) atoms. The molecule has 1 aromatic heterocycles. The first kappa shape index (κ1) is 20.1. The van der Waals surface area contributed by atoms with Gasteiger partial charge in [0, 0.05) is 32.1 Å². The first-order chi connectivity index (χ1) is 12.7. The van der Waals surface area contributed by atoms with Crippen molar-refractivity contribution in [2.75, 3.05) is 13.1 Å². The van der Waals surface area contributed by atoms with Crippen molar-refractivity contribution in [3.05, 3.63) is 11.6 Å². The summed E-state index contributed by atoms with van der Waals surface area (Å²) in [5, 5.41) is 12.5. The molecule has 3 heterocycles. The highest BCUT2D eigenvalue weighted by molar-refractivity contribution is 5.68. The fraction of sp³-hybridized carbons (Fsp3) is 0.850. The largest absolute Gasteiger partial charge is 0.444 e. The molecule has 3 rings (SSSR count). The molecule has 7 heteroatoms. The molecule has 1 amide bonds. The molecule has 0 spiro atoms. The van der Waals surface area contributed by atoms with E-state index in [4.69, 9.17) is 4.74 Å². The second-order valence-corrected chi connectivity index (χ2v) is 9.09. The molecule has 1 aromatic rings. The van der Waals surface area contributed by atoms with Gasteiger partial charge in [-0.1, -0.05) is 0 Å². The SMILES string of the molecule is C[C@H](N[C@@H](C)[C@H]1CCCN(C(=O)OC(C)(C)C)C1)c1nnc2n1CCCC2. The highest BCUT2D eigenvalue weighted by Crippen LogP contribution is 2.24. The number of likely N-dealkylation sites (tertiary alicyclic amines) is 1. The molecule has 1 saturated heterocycles. The Labute approximate surface area is 162 Å². The quantitative estimate of drug-likeness (QED) is 0.872. The molecule has 1 fully saturated rings. The van der Waals surface area contributed by atoms with Gasteiger partial charge in [0.05, 0.1) is 6.04 Å². The van der Waals surface area contributed by atoms with Gasteiger partial charge >= 0.3 is 6.09 Å². The van der Waals surface area contributed by atoms with Crippen LogP contribution in [-0.2, 0) is 17.7 Å². The van der Waals surface area contributed by atoms with E-state index in [0.717, 1.165) is 50.5 Å². The minimum atomic E-state index is -0.449. The van der Waals surface area contributed by atoms with Crippen molar-refractivity contribution in [1.82, 2.24) is 25.0 Å². The third-order valence-corrected chi connectivity index (χ3v) is 5.60. The van der Waals surface area contributed by atoms with E-state index in [9.17, 15) is 4.79 Å². The van der Waals surface area contributed by atoms with E-state index in [2.05, 4.69) is 33.9 Å². The molecule has 2 aliphatic heterocycles. The van der Waals surface area contributed by atoms with Crippen LogP contribution in [0.5, 0.6) is 0 Å². The zero-order chi connectivity index (χ0) is 19.6. The number of hydrogen-bond acceptors (Lipinski definition) is 5. The maximum atomic E-state index is 12.4. The number of fused-ring (bicyclic) bond motifs is 1. The molecule has 0 aromatic carbocycles. The number of amides is 1. The topological polar surface area (TPSA) is 72.3 Å². The number of nitrogens with zero attached hydrogens (tertiary/aromatic N) is 4. The van der Waals surface area contributed by atoms with E-state index in [1.165, 1.54) is 12.8 Å². The highest BCUT2D eigenvalue weighted by Gasteiger charge is 2.31. The van der Waals surface area contributed by atoms with E-state index >= 15 is 0 Å². The number of nitrogens with one attached hydrogen (secondary N) is 1. The van der Waals surface area contributed by atoms with Gasteiger partial charge in [-0.3, -0.25) is 0 Å². The summed E-state index contributed by atoms with van der Waals surface area (Å²) in [6.45, 7) is 12.7. The Balaban J connectivity index is 1.58. The van der Waals surface area contributed by atoms with Gasteiger partial charge in [0.1, 0.15) is 17.2 Å². The van der Waals surface area contributed by atoms with Gasteiger partial charge in [-0.15, -0.1) is 10.2 Å². The smallest absolute Gasteiger partial charge is 0.410 e. The van der Waals surface area contributed by atoms with Crippen LogP contribution in [-0.4, -0.2) is 50.5 Å². The highest BCUT2D eigenvalue weighted by atomic mass is 16.6. The Kier molecular flexibility index (Phi) is 6.08. The lowest BCUT2D eigenvalue weighted by Crippen LogP contribution is -2.48. The third kappa shape index (κ3) is 5.00. The molecule has 7 nitrogen and oxygen atoms in total. The molecule has 3 atom stereocenters. The van der Waals surface area contributed by atoms with Gasteiger partial charge in [-0.25, -0.2) is 4.79 Å². The van der Waals surface area contributed by atoms with Gasteiger partial charge < -0.3 is 19.5 Å². The summed E-state index contributed by atoms with van der Waals surface area (Å²) in [7, 11) is 0. The summed E-state index contributed by atoms with van der Waals surface area (Å²) in [5.74, 6) is 2.57. The predicted molar refractivity (Wildman–Crippen MR) is 105 cm³/mol. The van der Waals surface area contributed by atoms with Crippen molar-refractivity contribution in [2.24, 2.45) is 5.92 Å². The summed E-state index contributed by atoms with van der Waals surface area (Å²) < 4.78 is 7.83. The Morgan fingerprint density at radius 1 is 1.19 bits per heavy atom. The molecule has 0 saturated carbocycles. The maximum absolute atomic E-state index is 12.4. The average Bonchev–Trinajstić information content (AvgIpc) is 3.04. The molecular formula is C20H35N5O2. The number of rotatable bonds is 4. The van der Waals surface area contributed by atoms with Crippen molar-refractivity contribution in [1.29, 1.82) is 0 Å². The number of carbonyl (C=O) groups is 1. The van der Waals surface area contributed by atoms with Crippen molar-refractivity contribution >= 4 is 6.09 Å². The van der Waals surface area contributed by atoms with Crippen LogP contribution < -0.4 is 5.32 Å². The van der Waals surface area contributed by atoms with Crippen LogP contribution in [0.1, 0.15) is 78.0 Å². The standard InChI is InChI=1S/C20H35N5O2/c1-14(16-9-8-11-24(13-16)19(26)27-20(3,4)5)21-15(2)18-23-22-17-10-6-7-12-25(17)18/h14-16,21H,6-13H2,1-5H3/t14-,15-,16-/m0/s1. The lowest BCUT2D eigenvalue weighted by molar-refractivity contribution is 0.0146.